The predicted molar refractivity (Wildman–Crippen MR) is 64.0 cm³/mol. The molecule has 5 heteroatoms. The van der Waals surface area contributed by atoms with Gasteiger partial charge in [-0.1, -0.05) is 0 Å². The zero-order chi connectivity index (χ0) is 12.4. The van der Waals surface area contributed by atoms with Crippen LogP contribution in [0, 0.1) is 0 Å². The molecule has 0 unspecified atom stereocenters. The molecule has 2 heterocycles. The molecule has 3 aromatic rings. The summed E-state index contributed by atoms with van der Waals surface area (Å²) < 4.78 is 15.8. The molecule has 0 spiro atoms. The zero-order valence-corrected chi connectivity index (χ0v) is 9.66. The largest absolute Gasteiger partial charge is 0.497 e. The molecule has 1 aromatic carbocycles. The van der Waals surface area contributed by atoms with Gasteiger partial charge in [-0.2, -0.15) is 0 Å². The molecule has 0 radical (unpaired) electrons. The normalized spacial score (nSPS) is 10.5. The summed E-state index contributed by atoms with van der Waals surface area (Å²) >= 11 is 0. The summed E-state index contributed by atoms with van der Waals surface area (Å²) in [5.41, 5.74) is 0.834. The third kappa shape index (κ3) is 1.86. The Balaban J connectivity index is 1.92. The molecule has 0 N–H and O–H groups in total. The van der Waals surface area contributed by atoms with Crippen molar-refractivity contribution in [2.24, 2.45) is 0 Å². The number of methoxy groups -OCH3 is 1. The van der Waals surface area contributed by atoms with Gasteiger partial charge in [-0.25, -0.2) is 0 Å². The van der Waals surface area contributed by atoms with Crippen LogP contribution in [0.3, 0.4) is 0 Å². The molecule has 0 aliphatic heterocycles. The zero-order valence-electron chi connectivity index (χ0n) is 9.66. The van der Waals surface area contributed by atoms with E-state index in [2.05, 4.69) is 10.2 Å². The molecule has 90 valence electrons. The fourth-order valence-electron chi connectivity index (χ4n) is 1.57. The Labute approximate surface area is 103 Å². The molecule has 0 amide bonds. The maximum absolute atomic E-state index is 5.53. The van der Waals surface area contributed by atoms with Gasteiger partial charge in [0.25, 0.3) is 5.89 Å². The molecule has 3 rings (SSSR count). The first-order chi connectivity index (χ1) is 8.86. The quantitative estimate of drug-likeness (QED) is 0.706. The summed E-state index contributed by atoms with van der Waals surface area (Å²) in [5.74, 6) is 2.15. The van der Waals surface area contributed by atoms with E-state index in [0.29, 0.717) is 17.5 Å². The minimum absolute atomic E-state index is 0.366. The van der Waals surface area contributed by atoms with E-state index in [4.69, 9.17) is 13.6 Å². The molecule has 0 aliphatic rings. The van der Waals surface area contributed by atoms with Gasteiger partial charge >= 0.3 is 0 Å². The van der Waals surface area contributed by atoms with E-state index in [1.165, 1.54) is 0 Å². The first-order valence-corrected chi connectivity index (χ1v) is 5.38. The third-order valence-corrected chi connectivity index (χ3v) is 2.49. The molecule has 5 nitrogen and oxygen atoms in total. The number of hydrogen-bond acceptors (Lipinski definition) is 5. The highest BCUT2D eigenvalue weighted by Crippen LogP contribution is 2.25. The van der Waals surface area contributed by atoms with Crippen LogP contribution in [0.25, 0.3) is 23.1 Å². The van der Waals surface area contributed by atoms with Gasteiger partial charge in [0.1, 0.15) is 5.75 Å². The summed E-state index contributed by atoms with van der Waals surface area (Å²) in [5, 5.41) is 7.92. The van der Waals surface area contributed by atoms with Crippen LogP contribution in [0.15, 0.2) is 51.5 Å². The molecule has 2 aromatic heterocycles. The van der Waals surface area contributed by atoms with Crippen LogP contribution in [0.5, 0.6) is 5.75 Å². The summed E-state index contributed by atoms with van der Waals surface area (Å²) in [6, 6.07) is 10.9. The summed E-state index contributed by atoms with van der Waals surface area (Å²) in [7, 11) is 1.62. The first-order valence-electron chi connectivity index (χ1n) is 5.38. The van der Waals surface area contributed by atoms with Gasteiger partial charge in [0, 0.05) is 5.56 Å². The first kappa shape index (κ1) is 10.6. The van der Waals surface area contributed by atoms with E-state index in [1.54, 1.807) is 25.5 Å². The van der Waals surface area contributed by atoms with Gasteiger partial charge < -0.3 is 13.6 Å². The highest BCUT2D eigenvalue weighted by atomic mass is 16.5. The van der Waals surface area contributed by atoms with Crippen LogP contribution in [0.4, 0.5) is 0 Å². The van der Waals surface area contributed by atoms with Crippen molar-refractivity contribution in [3.05, 3.63) is 42.7 Å². The van der Waals surface area contributed by atoms with E-state index in [-0.39, 0.29) is 0 Å². The number of furan rings is 1. The van der Waals surface area contributed by atoms with Crippen molar-refractivity contribution in [3.8, 4) is 28.9 Å². The van der Waals surface area contributed by atoms with Crippen LogP contribution >= 0.6 is 0 Å². The maximum Gasteiger partial charge on any atom is 0.283 e. The highest BCUT2D eigenvalue weighted by Gasteiger charge is 2.12. The molecule has 0 fully saturated rings. The molecule has 0 saturated carbocycles. The van der Waals surface area contributed by atoms with Crippen molar-refractivity contribution in [3.63, 3.8) is 0 Å². The standard InChI is InChI=1S/C13H10N2O3/c1-16-10-6-4-9(5-7-10)12-14-15-13(18-12)11-3-2-8-17-11/h2-8H,1H3. The van der Waals surface area contributed by atoms with Crippen LogP contribution in [-0.2, 0) is 0 Å². The van der Waals surface area contributed by atoms with E-state index >= 15 is 0 Å². The second-order valence-electron chi connectivity index (χ2n) is 3.62. The highest BCUT2D eigenvalue weighted by molar-refractivity contribution is 5.56. The van der Waals surface area contributed by atoms with E-state index in [0.717, 1.165) is 11.3 Å². The Morgan fingerprint density at radius 2 is 1.78 bits per heavy atom. The topological polar surface area (TPSA) is 61.3 Å². The average Bonchev–Trinajstić information content (AvgIpc) is 3.09. The lowest BCUT2D eigenvalue weighted by Crippen LogP contribution is -1.82. The number of nitrogens with zero attached hydrogens (tertiary/aromatic N) is 2. The lowest BCUT2D eigenvalue weighted by molar-refractivity contribution is 0.415. The maximum atomic E-state index is 5.53. The third-order valence-electron chi connectivity index (χ3n) is 2.49. The van der Waals surface area contributed by atoms with E-state index in [1.807, 2.05) is 24.3 Å². The number of benzene rings is 1. The lowest BCUT2D eigenvalue weighted by Gasteiger charge is -1.98. The lowest BCUT2D eigenvalue weighted by atomic mass is 10.2. The van der Waals surface area contributed by atoms with E-state index < -0.39 is 0 Å². The van der Waals surface area contributed by atoms with Gasteiger partial charge in [0.15, 0.2) is 5.76 Å². The van der Waals surface area contributed by atoms with E-state index in [9.17, 15) is 0 Å². The smallest absolute Gasteiger partial charge is 0.283 e. The van der Waals surface area contributed by atoms with Gasteiger partial charge in [-0.05, 0) is 36.4 Å². The Morgan fingerprint density at radius 1 is 1.00 bits per heavy atom. The van der Waals surface area contributed by atoms with Crippen LogP contribution < -0.4 is 4.74 Å². The van der Waals surface area contributed by atoms with Crippen LogP contribution in [-0.4, -0.2) is 17.3 Å². The summed E-state index contributed by atoms with van der Waals surface area (Å²) in [6.07, 6.45) is 1.56. The Hall–Kier alpha value is -2.56. The molecule has 0 saturated heterocycles. The van der Waals surface area contributed by atoms with Crippen molar-refractivity contribution in [2.45, 2.75) is 0 Å². The number of rotatable bonds is 3. The van der Waals surface area contributed by atoms with Crippen molar-refractivity contribution >= 4 is 0 Å². The number of aromatic nitrogens is 2. The molecule has 0 bridgehead atoms. The minimum Gasteiger partial charge on any atom is -0.497 e. The van der Waals surface area contributed by atoms with Gasteiger partial charge in [-0.15, -0.1) is 10.2 Å². The molecule has 0 aliphatic carbocycles. The second kappa shape index (κ2) is 4.37. The Morgan fingerprint density at radius 3 is 2.44 bits per heavy atom. The number of ether oxygens (including phenoxy) is 1. The number of hydrogen-bond donors (Lipinski definition) is 0. The van der Waals surface area contributed by atoms with Gasteiger partial charge in [-0.3, -0.25) is 0 Å². The van der Waals surface area contributed by atoms with Crippen LogP contribution in [0.2, 0.25) is 0 Å². The molecule has 18 heavy (non-hydrogen) atoms. The SMILES string of the molecule is COc1ccc(-c2nnc(-c3ccco3)o2)cc1. The van der Waals surface area contributed by atoms with Gasteiger partial charge in [0.05, 0.1) is 13.4 Å². The molecular weight excluding hydrogens is 232 g/mol. The van der Waals surface area contributed by atoms with Crippen molar-refractivity contribution in [2.75, 3.05) is 7.11 Å². The Bertz CT molecular complexity index is 627. The second-order valence-corrected chi connectivity index (χ2v) is 3.62. The van der Waals surface area contributed by atoms with Crippen molar-refractivity contribution in [1.82, 2.24) is 10.2 Å². The monoisotopic (exact) mass is 242 g/mol. The molecular formula is C13H10N2O3. The van der Waals surface area contributed by atoms with Crippen molar-refractivity contribution < 1.29 is 13.6 Å². The van der Waals surface area contributed by atoms with Gasteiger partial charge in [0.2, 0.25) is 5.89 Å². The average molecular weight is 242 g/mol. The summed E-state index contributed by atoms with van der Waals surface area (Å²) in [6.45, 7) is 0. The van der Waals surface area contributed by atoms with Crippen molar-refractivity contribution in [1.29, 1.82) is 0 Å². The summed E-state index contributed by atoms with van der Waals surface area (Å²) in [4.78, 5) is 0. The fourth-order valence-corrected chi connectivity index (χ4v) is 1.57. The predicted octanol–water partition coefficient (Wildman–Crippen LogP) is 3.01. The van der Waals surface area contributed by atoms with Crippen LogP contribution in [0.1, 0.15) is 0 Å². The fraction of sp³-hybridized carbons (Fsp3) is 0.0769. The molecule has 0 atom stereocenters. The minimum atomic E-state index is 0.366. The Kier molecular flexibility index (Phi) is 2.57.